The van der Waals surface area contributed by atoms with E-state index in [0.29, 0.717) is 5.92 Å². The summed E-state index contributed by atoms with van der Waals surface area (Å²) in [4.78, 5) is 15.3. The van der Waals surface area contributed by atoms with Crippen LogP contribution in [0.3, 0.4) is 0 Å². The van der Waals surface area contributed by atoms with Gasteiger partial charge in [-0.2, -0.15) is 0 Å². The summed E-state index contributed by atoms with van der Waals surface area (Å²) in [6.07, 6.45) is 3.01. The van der Waals surface area contributed by atoms with Gasteiger partial charge in [-0.15, -0.1) is 0 Å². The molecule has 1 aliphatic heterocycles. The molecule has 0 amide bonds. The predicted octanol–water partition coefficient (Wildman–Crippen LogP) is 1.57. The van der Waals surface area contributed by atoms with E-state index in [4.69, 9.17) is 0 Å². The molecule has 82 valence electrons. The summed E-state index contributed by atoms with van der Waals surface area (Å²) in [6, 6.07) is 0. The van der Waals surface area contributed by atoms with Crippen LogP contribution in [0, 0.1) is 19.8 Å². The van der Waals surface area contributed by atoms with Gasteiger partial charge in [0, 0.05) is 29.4 Å². The number of aryl methyl sites for hydroxylation is 1. The third kappa shape index (κ3) is 0.701. The van der Waals surface area contributed by atoms with Gasteiger partial charge in [0.15, 0.2) is 0 Å². The number of carbonyl (C=O) groups excluding carboxylic acids is 1. The van der Waals surface area contributed by atoms with E-state index in [2.05, 4.69) is 24.1 Å². The number of H-pyrrole nitrogens is 1. The Hall–Kier alpha value is -1.51. The van der Waals surface area contributed by atoms with E-state index in [1.165, 1.54) is 17.5 Å². The van der Waals surface area contributed by atoms with Crippen molar-refractivity contribution in [3.63, 3.8) is 0 Å². The predicted molar refractivity (Wildman–Crippen MR) is 60.5 cm³/mol. The number of fused-ring (bicyclic) bond motifs is 1. The lowest BCUT2D eigenvalue weighted by Crippen LogP contribution is -2.25. The maximum Gasteiger partial charge on any atom is 0.204 e. The van der Waals surface area contributed by atoms with Gasteiger partial charge in [-0.25, -0.2) is 0 Å². The molecule has 16 heavy (non-hydrogen) atoms. The number of carbonyl (C=O) groups is 1. The van der Waals surface area contributed by atoms with Crippen LogP contribution in [0.15, 0.2) is 11.8 Å². The molecule has 1 saturated heterocycles. The molecule has 4 rings (SSSR count). The van der Waals surface area contributed by atoms with Crippen LogP contribution in [0.5, 0.6) is 0 Å². The SMILES string of the molecule is Cc1[nH]c2c(c1C)[C@@]13C[C@@H]1CNC3=CC2=O. The normalized spacial score (nSPS) is 33.8. The Bertz CT molecular complexity index is 567. The van der Waals surface area contributed by atoms with Crippen LogP contribution < -0.4 is 5.32 Å². The average Bonchev–Trinajstić information content (AvgIpc) is 2.74. The van der Waals surface area contributed by atoms with E-state index >= 15 is 0 Å². The lowest BCUT2D eigenvalue weighted by Gasteiger charge is -2.21. The highest BCUT2D eigenvalue weighted by atomic mass is 16.1. The fraction of sp³-hybridized carbons (Fsp3) is 0.462. The molecular formula is C13H14N2O. The average molecular weight is 214 g/mol. The lowest BCUT2D eigenvalue weighted by atomic mass is 9.83. The van der Waals surface area contributed by atoms with Crippen molar-refractivity contribution < 1.29 is 4.79 Å². The maximum atomic E-state index is 12.0. The molecule has 1 spiro atoms. The molecule has 2 aliphatic carbocycles. The Morgan fingerprint density at radius 2 is 2.25 bits per heavy atom. The minimum absolute atomic E-state index is 0.131. The molecule has 0 unspecified atom stereocenters. The second-order valence-electron chi connectivity index (χ2n) is 5.30. The standard InChI is InChI=1S/C13H14N2O/c1-6-7(2)15-12-9(16)3-10-13(11(6)12)4-8(13)5-14-10/h3,8,14-15H,4-5H2,1-2H3/t8-,13+/m1/s1. The van der Waals surface area contributed by atoms with Crippen LogP contribution in [-0.4, -0.2) is 17.3 Å². The fourth-order valence-corrected chi connectivity index (χ4v) is 3.58. The van der Waals surface area contributed by atoms with E-state index in [1.807, 2.05) is 0 Å². The first kappa shape index (κ1) is 8.62. The van der Waals surface area contributed by atoms with Gasteiger partial charge in [-0.3, -0.25) is 4.79 Å². The largest absolute Gasteiger partial charge is 0.387 e. The van der Waals surface area contributed by atoms with Crippen LogP contribution in [0.1, 0.15) is 33.7 Å². The maximum absolute atomic E-state index is 12.0. The summed E-state index contributed by atoms with van der Waals surface area (Å²) in [7, 11) is 0. The number of ketones is 1. The van der Waals surface area contributed by atoms with Gasteiger partial charge in [0.25, 0.3) is 0 Å². The van der Waals surface area contributed by atoms with Crippen molar-refractivity contribution in [1.29, 1.82) is 0 Å². The van der Waals surface area contributed by atoms with Gasteiger partial charge in [0.1, 0.15) is 0 Å². The van der Waals surface area contributed by atoms with Crippen molar-refractivity contribution in [3.05, 3.63) is 34.3 Å². The topological polar surface area (TPSA) is 44.9 Å². The zero-order chi connectivity index (χ0) is 11.1. The van der Waals surface area contributed by atoms with Crippen molar-refractivity contribution >= 4 is 5.78 Å². The number of rotatable bonds is 0. The molecule has 1 saturated carbocycles. The zero-order valence-corrected chi connectivity index (χ0v) is 9.48. The Balaban J connectivity index is 2.07. The highest BCUT2D eigenvalue weighted by Crippen LogP contribution is 2.64. The number of allylic oxidation sites excluding steroid dienone is 2. The minimum Gasteiger partial charge on any atom is -0.387 e. The number of nitrogens with one attached hydrogen (secondary N) is 2. The van der Waals surface area contributed by atoms with E-state index in [1.54, 1.807) is 6.08 Å². The van der Waals surface area contributed by atoms with Crippen LogP contribution in [0.25, 0.3) is 0 Å². The summed E-state index contributed by atoms with van der Waals surface area (Å²) in [6.45, 7) is 5.21. The third-order valence-corrected chi connectivity index (χ3v) is 4.59. The summed E-state index contributed by atoms with van der Waals surface area (Å²) in [5, 5.41) is 3.38. The summed E-state index contributed by atoms with van der Waals surface area (Å²) >= 11 is 0. The number of piperidine rings is 1. The highest BCUT2D eigenvalue weighted by Gasteiger charge is 2.64. The van der Waals surface area contributed by atoms with Crippen molar-refractivity contribution in [2.75, 3.05) is 6.54 Å². The number of hydrogen-bond acceptors (Lipinski definition) is 2. The second-order valence-corrected chi connectivity index (χ2v) is 5.30. The van der Waals surface area contributed by atoms with E-state index in [9.17, 15) is 4.79 Å². The first-order chi connectivity index (χ1) is 7.64. The van der Waals surface area contributed by atoms with Gasteiger partial charge in [-0.1, -0.05) is 0 Å². The molecule has 2 heterocycles. The number of aromatic nitrogens is 1. The summed E-state index contributed by atoms with van der Waals surface area (Å²) in [5.74, 6) is 0.839. The molecule has 0 aromatic carbocycles. The lowest BCUT2D eigenvalue weighted by molar-refractivity contribution is 0.103. The summed E-state index contributed by atoms with van der Waals surface area (Å²) in [5.41, 5.74) is 5.88. The molecule has 3 heteroatoms. The van der Waals surface area contributed by atoms with Crippen LogP contribution in [-0.2, 0) is 5.41 Å². The van der Waals surface area contributed by atoms with Gasteiger partial charge >= 0.3 is 0 Å². The third-order valence-electron chi connectivity index (χ3n) is 4.59. The van der Waals surface area contributed by atoms with Crippen molar-refractivity contribution in [2.24, 2.45) is 5.92 Å². The van der Waals surface area contributed by atoms with Crippen LogP contribution in [0.2, 0.25) is 0 Å². The zero-order valence-electron chi connectivity index (χ0n) is 9.48. The van der Waals surface area contributed by atoms with E-state index < -0.39 is 0 Å². The summed E-state index contributed by atoms with van der Waals surface area (Å²) < 4.78 is 0. The molecular weight excluding hydrogens is 200 g/mol. The van der Waals surface area contributed by atoms with Crippen molar-refractivity contribution in [1.82, 2.24) is 10.3 Å². The highest BCUT2D eigenvalue weighted by molar-refractivity contribution is 6.08. The smallest absolute Gasteiger partial charge is 0.204 e. The quantitative estimate of drug-likeness (QED) is 0.688. The van der Waals surface area contributed by atoms with Gasteiger partial charge in [0.2, 0.25) is 5.78 Å². The van der Waals surface area contributed by atoms with Gasteiger partial charge < -0.3 is 10.3 Å². The van der Waals surface area contributed by atoms with Crippen LogP contribution >= 0.6 is 0 Å². The first-order valence-corrected chi connectivity index (χ1v) is 5.84. The monoisotopic (exact) mass is 214 g/mol. The molecule has 3 nitrogen and oxygen atoms in total. The molecule has 2 atom stereocenters. The van der Waals surface area contributed by atoms with Crippen LogP contribution in [0.4, 0.5) is 0 Å². The molecule has 1 aromatic heterocycles. The van der Waals surface area contributed by atoms with Gasteiger partial charge in [0.05, 0.1) is 5.69 Å². The Morgan fingerprint density at radius 3 is 3.00 bits per heavy atom. The molecule has 0 bridgehead atoms. The Labute approximate surface area is 93.9 Å². The molecule has 0 radical (unpaired) electrons. The van der Waals surface area contributed by atoms with Gasteiger partial charge in [-0.05, 0) is 37.3 Å². The van der Waals surface area contributed by atoms with Crippen molar-refractivity contribution in [2.45, 2.75) is 25.7 Å². The van der Waals surface area contributed by atoms with E-state index in [0.717, 1.165) is 23.6 Å². The molecule has 2 fully saturated rings. The molecule has 2 N–H and O–H groups in total. The van der Waals surface area contributed by atoms with E-state index in [-0.39, 0.29) is 11.2 Å². The minimum atomic E-state index is 0.131. The number of hydrogen-bond donors (Lipinski definition) is 2. The van der Waals surface area contributed by atoms with Crippen molar-refractivity contribution in [3.8, 4) is 0 Å². The Morgan fingerprint density at radius 1 is 1.44 bits per heavy atom. The fourth-order valence-electron chi connectivity index (χ4n) is 3.58. The number of aromatic amines is 1. The first-order valence-electron chi connectivity index (χ1n) is 5.84. The molecule has 3 aliphatic rings. The Kier molecular flexibility index (Phi) is 1.22. The molecule has 1 aromatic rings. The second kappa shape index (κ2) is 2.26.